The van der Waals surface area contributed by atoms with Crippen LogP contribution in [0.25, 0.3) is 0 Å². The van der Waals surface area contributed by atoms with Crippen molar-refractivity contribution >= 4 is 0 Å². The third-order valence-corrected chi connectivity index (χ3v) is 5.31. The Bertz CT molecular complexity index is 837. The molecular formula is C28H34O3Zr. The van der Waals surface area contributed by atoms with Gasteiger partial charge in [-0.2, -0.15) is 0 Å². The largest absolute Gasteiger partial charge is 0.508 e. The van der Waals surface area contributed by atoms with Crippen LogP contribution in [-0.4, -0.2) is 15.3 Å². The zero-order valence-corrected chi connectivity index (χ0v) is 22.0. The molecule has 3 aromatic rings. The average Bonchev–Trinajstić information content (AvgIpc) is 2.94. The number of hydrogen-bond acceptors (Lipinski definition) is 3. The van der Waals surface area contributed by atoms with Gasteiger partial charge in [0.15, 0.2) is 0 Å². The smallest absolute Gasteiger partial charge is 0.115 e. The fourth-order valence-corrected chi connectivity index (χ4v) is 2.85. The standard InChI is InChI=1S/C10H16.3C6H6O.Zr/c1-6-7(2)9(4)10(5)8(6)3;3*7-6-4-2-1-3-5-6;/h6H,1-5H3;3*1-5,7H;. The number of hydrogen-bond donors (Lipinski definition) is 3. The maximum atomic E-state index is 8.63. The van der Waals surface area contributed by atoms with Gasteiger partial charge in [0.1, 0.15) is 17.2 Å². The van der Waals surface area contributed by atoms with Gasteiger partial charge < -0.3 is 15.3 Å². The van der Waals surface area contributed by atoms with Gasteiger partial charge in [-0.3, -0.25) is 0 Å². The Morgan fingerprint density at radius 1 is 0.469 bits per heavy atom. The zero-order chi connectivity index (χ0) is 23.2. The van der Waals surface area contributed by atoms with Gasteiger partial charge in [0.05, 0.1) is 0 Å². The first-order valence-electron chi connectivity index (χ1n) is 10.3. The molecule has 0 radical (unpaired) electrons. The molecular weight excluding hydrogens is 476 g/mol. The van der Waals surface area contributed by atoms with Gasteiger partial charge in [0.2, 0.25) is 0 Å². The summed E-state index contributed by atoms with van der Waals surface area (Å²) in [5.41, 5.74) is 6.11. The predicted octanol–water partition coefficient (Wildman–Crippen LogP) is 7.48. The maximum absolute atomic E-state index is 8.63. The van der Waals surface area contributed by atoms with Crippen molar-refractivity contribution < 1.29 is 41.5 Å². The Hall–Kier alpha value is -2.58. The van der Waals surface area contributed by atoms with Crippen LogP contribution in [0.15, 0.2) is 113 Å². The van der Waals surface area contributed by atoms with Crippen LogP contribution in [-0.2, 0) is 26.2 Å². The van der Waals surface area contributed by atoms with Crippen LogP contribution in [0, 0.1) is 5.92 Å². The van der Waals surface area contributed by atoms with Crippen LogP contribution in [0.3, 0.4) is 0 Å². The molecule has 0 saturated heterocycles. The normalized spacial score (nSPS) is 12.3. The minimum Gasteiger partial charge on any atom is -0.508 e. The second-order valence-electron chi connectivity index (χ2n) is 7.34. The van der Waals surface area contributed by atoms with Gasteiger partial charge in [-0.15, -0.1) is 0 Å². The molecule has 3 aromatic carbocycles. The number of aromatic hydroxyl groups is 3. The molecule has 4 heteroatoms. The van der Waals surface area contributed by atoms with Crippen molar-refractivity contribution in [1.82, 2.24) is 0 Å². The molecule has 0 fully saturated rings. The Morgan fingerprint density at radius 3 is 0.781 bits per heavy atom. The molecule has 0 unspecified atom stereocenters. The molecule has 0 heterocycles. The van der Waals surface area contributed by atoms with E-state index in [-0.39, 0.29) is 26.2 Å². The Kier molecular flexibility index (Phi) is 14.8. The minimum atomic E-state index is 0. The number of rotatable bonds is 0. The van der Waals surface area contributed by atoms with Gasteiger partial charge in [0, 0.05) is 26.2 Å². The summed E-state index contributed by atoms with van der Waals surface area (Å²) in [6.07, 6.45) is 0. The number of allylic oxidation sites excluding steroid dienone is 4. The van der Waals surface area contributed by atoms with Crippen LogP contribution in [0.1, 0.15) is 34.6 Å². The molecule has 168 valence electrons. The molecule has 3 N–H and O–H groups in total. The molecule has 0 bridgehead atoms. The van der Waals surface area contributed by atoms with Gasteiger partial charge in [-0.25, -0.2) is 0 Å². The van der Waals surface area contributed by atoms with Gasteiger partial charge in [-0.1, -0.05) is 72.7 Å². The summed E-state index contributed by atoms with van der Waals surface area (Å²) >= 11 is 0. The van der Waals surface area contributed by atoms with E-state index < -0.39 is 0 Å². The summed E-state index contributed by atoms with van der Waals surface area (Å²) in [5.74, 6) is 1.66. The van der Waals surface area contributed by atoms with Crippen molar-refractivity contribution in [2.45, 2.75) is 34.6 Å². The SMILES string of the molecule is CC1=C(C)C(C)C(C)=C1C.Oc1ccccc1.Oc1ccccc1.Oc1ccccc1.[Zr]. The van der Waals surface area contributed by atoms with Gasteiger partial charge in [-0.05, 0) is 81.2 Å². The second-order valence-corrected chi connectivity index (χ2v) is 7.34. The van der Waals surface area contributed by atoms with Crippen molar-refractivity contribution in [2.24, 2.45) is 5.92 Å². The van der Waals surface area contributed by atoms with Gasteiger partial charge in [0.25, 0.3) is 0 Å². The van der Waals surface area contributed by atoms with E-state index >= 15 is 0 Å². The second kappa shape index (κ2) is 16.1. The molecule has 0 aromatic heterocycles. The van der Waals surface area contributed by atoms with Crippen LogP contribution in [0.4, 0.5) is 0 Å². The maximum Gasteiger partial charge on any atom is 0.115 e. The summed E-state index contributed by atoms with van der Waals surface area (Å²) in [4.78, 5) is 0. The molecule has 32 heavy (non-hydrogen) atoms. The Morgan fingerprint density at radius 2 is 0.688 bits per heavy atom. The molecule has 0 amide bonds. The molecule has 1 aliphatic rings. The van der Waals surface area contributed by atoms with E-state index in [2.05, 4.69) is 34.6 Å². The van der Waals surface area contributed by atoms with Crippen molar-refractivity contribution in [2.75, 3.05) is 0 Å². The number of phenolic OH excluding ortho intramolecular Hbond substituents is 3. The molecule has 1 aliphatic carbocycles. The predicted molar refractivity (Wildman–Crippen MR) is 130 cm³/mol. The molecule has 0 aliphatic heterocycles. The topological polar surface area (TPSA) is 60.7 Å². The first-order chi connectivity index (χ1) is 14.7. The number of phenols is 3. The van der Waals surface area contributed by atoms with E-state index in [0.717, 1.165) is 0 Å². The van der Waals surface area contributed by atoms with Crippen molar-refractivity contribution in [3.05, 3.63) is 113 Å². The number of benzene rings is 3. The minimum absolute atomic E-state index is 0. The summed E-state index contributed by atoms with van der Waals surface area (Å²) < 4.78 is 0. The summed E-state index contributed by atoms with van der Waals surface area (Å²) in [6, 6.07) is 26.1. The molecule has 0 spiro atoms. The fourth-order valence-electron chi connectivity index (χ4n) is 2.85. The van der Waals surface area contributed by atoms with Gasteiger partial charge >= 0.3 is 0 Å². The monoisotopic (exact) mass is 508 g/mol. The third-order valence-electron chi connectivity index (χ3n) is 5.31. The average molecular weight is 510 g/mol. The van der Waals surface area contributed by atoms with Crippen LogP contribution in [0.5, 0.6) is 17.2 Å². The Labute approximate surface area is 211 Å². The third kappa shape index (κ3) is 11.2. The van der Waals surface area contributed by atoms with Crippen molar-refractivity contribution in [3.63, 3.8) is 0 Å². The summed E-state index contributed by atoms with van der Waals surface area (Å²) in [7, 11) is 0. The van der Waals surface area contributed by atoms with Crippen molar-refractivity contribution in [3.8, 4) is 17.2 Å². The van der Waals surface area contributed by atoms with Crippen LogP contribution >= 0.6 is 0 Å². The van der Waals surface area contributed by atoms with E-state index in [1.54, 1.807) is 83.9 Å². The fraction of sp³-hybridized carbons (Fsp3) is 0.214. The van der Waals surface area contributed by atoms with E-state index in [1.807, 2.05) is 18.2 Å². The zero-order valence-electron chi connectivity index (χ0n) is 19.6. The molecule has 4 rings (SSSR count). The number of para-hydroxylation sites is 3. The van der Waals surface area contributed by atoms with Crippen LogP contribution < -0.4 is 0 Å². The Balaban J connectivity index is 0.000000401. The van der Waals surface area contributed by atoms with E-state index in [0.29, 0.717) is 23.2 Å². The van der Waals surface area contributed by atoms with E-state index in [1.165, 1.54) is 11.1 Å². The van der Waals surface area contributed by atoms with Crippen molar-refractivity contribution in [1.29, 1.82) is 0 Å². The molecule has 3 nitrogen and oxygen atoms in total. The molecule has 0 atom stereocenters. The van der Waals surface area contributed by atoms with Crippen LogP contribution in [0.2, 0.25) is 0 Å². The molecule has 0 saturated carbocycles. The first kappa shape index (κ1) is 29.4. The quantitative estimate of drug-likeness (QED) is 0.294. The van der Waals surface area contributed by atoms with E-state index in [4.69, 9.17) is 15.3 Å². The summed E-state index contributed by atoms with van der Waals surface area (Å²) in [5, 5.41) is 25.9. The summed E-state index contributed by atoms with van der Waals surface area (Å²) in [6.45, 7) is 11.2. The first-order valence-corrected chi connectivity index (χ1v) is 10.3. The van der Waals surface area contributed by atoms with E-state index in [9.17, 15) is 0 Å².